The Bertz CT molecular complexity index is 205. The lowest BCUT2D eigenvalue weighted by molar-refractivity contribution is 0.917. The van der Waals surface area contributed by atoms with E-state index in [-0.39, 0.29) is 0 Å². The largest absolute Gasteiger partial charge is 0.261 e. The van der Waals surface area contributed by atoms with Crippen molar-refractivity contribution in [1.82, 2.24) is 4.98 Å². The molecule has 60 valence electrons. The third-order valence-corrected chi connectivity index (χ3v) is 1.84. The Balaban J connectivity index is 2.52. The second-order valence-electron chi connectivity index (χ2n) is 2.60. The highest BCUT2D eigenvalue weighted by Crippen LogP contribution is 2.02. The highest BCUT2D eigenvalue weighted by atomic mass is 35.5. The van der Waals surface area contributed by atoms with Crippen molar-refractivity contribution in [2.24, 2.45) is 0 Å². The van der Waals surface area contributed by atoms with E-state index in [0.29, 0.717) is 0 Å². The van der Waals surface area contributed by atoms with Crippen LogP contribution in [0.1, 0.15) is 17.7 Å². The number of halogens is 1. The first-order valence-corrected chi connectivity index (χ1v) is 4.34. The number of alkyl halides is 1. The number of rotatable bonds is 3. The summed E-state index contributed by atoms with van der Waals surface area (Å²) in [6, 6.07) is 4.14. The van der Waals surface area contributed by atoms with Gasteiger partial charge in [0.15, 0.2) is 0 Å². The van der Waals surface area contributed by atoms with Crippen LogP contribution in [-0.4, -0.2) is 10.9 Å². The molecule has 0 bridgehead atoms. The molecule has 11 heavy (non-hydrogen) atoms. The van der Waals surface area contributed by atoms with Crippen LogP contribution in [0.2, 0.25) is 0 Å². The molecule has 0 aromatic carbocycles. The first-order valence-electron chi connectivity index (χ1n) is 3.80. The maximum atomic E-state index is 5.56. The molecule has 1 aromatic rings. The molecule has 1 aromatic heterocycles. The lowest BCUT2D eigenvalue weighted by Crippen LogP contribution is -1.88. The van der Waals surface area contributed by atoms with Crippen LogP contribution in [0, 0.1) is 6.92 Å². The third-order valence-electron chi connectivity index (χ3n) is 1.57. The van der Waals surface area contributed by atoms with E-state index in [2.05, 4.69) is 11.1 Å². The topological polar surface area (TPSA) is 12.9 Å². The van der Waals surface area contributed by atoms with Gasteiger partial charge in [0.25, 0.3) is 0 Å². The summed E-state index contributed by atoms with van der Waals surface area (Å²) in [4.78, 5) is 4.19. The molecule has 1 nitrogen and oxygen atoms in total. The van der Waals surface area contributed by atoms with E-state index in [1.807, 2.05) is 19.2 Å². The third kappa shape index (κ3) is 2.89. The SMILES string of the molecule is Cc1ccc(CCCCl)cn1. The fraction of sp³-hybridized carbons (Fsp3) is 0.444. The molecule has 1 heterocycles. The average molecular weight is 170 g/mol. The van der Waals surface area contributed by atoms with Gasteiger partial charge in [-0.05, 0) is 31.4 Å². The van der Waals surface area contributed by atoms with Gasteiger partial charge in [-0.15, -0.1) is 11.6 Å². The van der Waals surface area contributed by atoms with Gasteiger partial charge in [0, 0.05) is 17.8 Å². The number of aromatic nitrogens is 1. The minimum atomic E-state index is 0.730. The fourth-order valence-electron chi connectivity index (χ4n) is 0.917. The zero-order chi connectivity index (χ0) is 8.10. The summed E-state index contributed by atoms with van der Waals surface area (Å²) in [6.45, 7) is 1.99. The Labute approximate surface area is 72.4 Å². The zero-order valence-electron chi connectivity index (χ0n) is 6.68. The van der Waals surface area contributed by atoms with Gasteiger partial charge < -0.3 is 0 Å². The molecular formula is C9H12ClN. The normalized spacial score (nSPS) is 10.0. The minimum absolute atomic E-state index is 0.730. The van der Waals surface area contributed by atoms with E-state index in [1.165, 1.54) is 5.56 Å². The van der Waals surface area contributed by atoms with Gasteiger partial charge in [-0.25, -0.2) is 0 Å². The summed E-state index contributed by atoms with van der Waals surface area (Å²) in [5.41, 5.74) is 2.34. The van der Waals surface area contributed by atoms with Gasteiger partial charge in [0.2, 0.25) is 0 Å². The monoisotopic (exact) mass is 169 g/mol. The van der Waals surface area contributed by atoms with Crippen LogP contribution < -0.4 is 0 Å². The zero-order valence-corrected chi connectivity index (χ0v) is 7.43. The number of hydrogen-bond acceptors (Lipinski definition) is 1. The smallest absolute Gasteiger partial charge is 0.0372 e. The summed E-state index contributed by atoms with van der Waals surface area (Å²) < 4.78 is 0. The molecule has 0 aliphatic rings. The summed E-state index contributed by atoms with van der Waals surface area (Å²) in [5.74, 6) is 0.730. The van der Waals surface area contributed by atoms with E-state index < -0.39 is 0 Å². The van der Waals surface area contributed by atoms with Gasteiger partial charge in [0.1, 0.15) is 0 Å². The molecule has 1 rings (SSSR count). The molecule has 0 aliphatic heterocycles. The van der Waals surface area contributed by atoms with Gasteiger partial charge in [0.05, 0.1) is 0 Å². The molecule has 0 amide bonds. The van der Waals surface area contributed by atoms with Crippen molar-refractivity contribution in [2.75, 3.05) is 5.88 Å². The van der Waals surface area contributed by atoms with E-state index in [9.17, 15) is 0 Å². The van der Waals surface area contributed by atoms with Crippen molar-refractivity contribution < 1.29 is 0 Å². The van der Waals surface area contributed by atoms with Crippen molar-refractivity contribution in [3.63, 3.8) is 0 Å². The van der Waals surface area contributed by atoms with Crippen LogP contribution in [0.5, 0.6) is 0 Å². The molecule has 0 spiro atoms. The standard InChI is InChI=1S/C9H12ClN/c1-8-4-5-9(7-11-8)3-2-6-10/h4-5,7H,2-3,6H2,1H3. The number of aryl methyl sites for hydroxylation is 2. The molecule has 0 saturated carbocycles. The van der Waals surface area contributed by atoms with Crippen LogP contribution in [-0.2, 0) is 6.42 Å². The Morgan fingerprint density at radius 2 is 2.27 bits per heavy atom. The predicted molar refractivity (Wildman–Crippen MR) is 48.0 cm³/mol. The number of hydrogen-bond donors (Lipinski definition) is 0. The van der Waals surface area contributed by atoms with Gasteiger partial charge in [-0.1, -0.05) is 6.07 Å². The van der Waals surface area contributed by atoms with Crippen molar-refractivity contribution in [3.05, 3.63) is 29.6 Å². The van der Waals surface area contributed by atoms with Crippen molar-refractivity contribution >= 4 is 11.6 Å². The molecule has 0 fully saturated rings. The van der Waals surface area contributed by atoms with Crippen LogP contribution in [0.15, 0.2) is 18.3 Å². The molecule has 0 radical (unpaired) electrons. The average Bonchev–Trinajstić information content (AvgIpc) is 2.04. The Morgan fingerprint density at radius 1 is 1.45 bits per heavy atom. The van der Waals surface area contributed by atoms with Crippen LogP contribution in [0.3, 0.4) is 0 Å². The minimum Gasteiger partial charge on any atom is -0.261 e. The first kappa shape index (κ1) is 8.54. The molecule has 0 unspecified atom stereocenters. The maximum absolute atomic E-state index is 5.56. The Morgan fingerprint density at radius 3 is 2.82 bits per heavy atom. The van der Waals surface area contributed by atoms with Crippen molar-refractivity contribution in [2.45, 2.75) is 19.8 Å². The highest BCUT2D eigenvalue weighted by molar-refractivity contribution is 6.17. The Kier molecular flexibility index (Phi) is 3.37. The van der Waals surface area contributed by atoms with Crippen LogP contribution in [0.4, 0.5) is 0 Å². The van der Waals surface area contributed by atoms with Gasteiger partial charge in [-0.2, -0.15) is 0 Å². The molecule has 0 aliphatic carbocycles. The summed E-state index contributed by atoms with van der Waals surface area (Å²) in [6.07, 6.45) is 3.99. The van der Waals surface area contributed by atoms with Crippen molar-refractivity contribution in [3.8, 4) is 0 Å². The highest BCUT2D eigenvalue weighted by Gasteiger charge is 1.91. The predicted octanol–water partition coefficient (Wildman–Crippen LogP) is 2.56. The maximum Gasteiger partial charge on any atom is 0.0372 e. The van der Waals surface area contributed by atoms with E-state index in [1.54, 1.807) is 0 Å². The second kappa shape index (κ2) is 4.35. The van der Waals surface area contributed by atoms with E-state index in [0.717, 1.165) is 24.4 Å². The van der Waals surface area contributed by atoms with Crippen LogP contribution >= 0.6 is 11.6 Å². The molecule has 0 atom stereocenters. The molecular weight excluding hydrogens is 158 g/mol. The number of pyridine rings is 1. The van der Waals surface area contributed by atoms with E-state index >= 15 is 0 Å². The van der Waals surface area contributed by atoms with Crippen LogP contribution in [0.25, 0.3) is 0 Å². The quantitative estimate of drug-likeness (QED) is 0.634. The fourth-order valence-corrected chi connectivity index (χ4v) is 1.05. The molecule has 0 saturated heterocycles. The van der Waals surface area contributed by atoms with Gasteiger partial charge >= 0.3 is 0 Å². The molecule has 0 N–H and O–H groups in total. The Hall–Kier alpha value is -0.560. The lowest BCUT2D eigenvalue weighted by atomic mass is 10.2. The van der Waals surface area contributed by atoms with E-state index in [4.69, 9.17) is 11.6 Å². The number of nitrogens with zero attached hydrogens (tertiary/aromatic N) is 1. The van der Waals surface area contributed by atoms with Gasteiger partial charge in [-0.3, -0.25) is 4.98 Å². The molecule has 2 heteroatoms. The summed E-state index contributed by atoms with van der Waals surface area (Å²) in [5, 5.41) is 0. The first-order chi connectivity index (χ1) is 5.33. The lowest BCUT2D eigenvalue weighted by Gasteiger charge is -1.97. The second-order valence-corrected chi connectivity index (χ2v) is 2.98. The van der Waals surface area contributed by atoms with Crippen molar-refractivity contribution in [1.29, 1.82) is 0 Å². The summed E-state index contributed by atoms with van der Waals surface area (Å²) >= 11 is 5.56. The summed E-state index contributed by atoms with van der Waals surface area (Å²) in [7, 11) is 0.